The molecule has 26 heavy (non-hydrogen) atoms. The number of methoxy groups -OCH3 is 1. The highest BCUT2D eigenvalue weighted by molar-refractivity contribution is 5.85. The van der Waals surface area contributed by atoms with Crippen molar-refractivity contribution in [3.63, 3.8) is 0 Å². The van der Waals surface area contributed by atoms with E-state index in [2.05, 4.69) is 12.2 Å². The second-order valence-electron chi connectivity index (χ2n) is 7.82. The molecule has 1 aromatic carbocycles. The predicted octanol–water partition coefficient (Wildman–Crippen LogP) is 2.87. The van der Waals surface area contributed by atoms with Gasteiger partial charge in [-0.3, -0.25) is 4.79 Å². The maximum absolute atomic E-state index is 13.1. The van der Waals surface area contributed by atoms with Gasteiger partial charge in [-0.25, -0.2) is 0 Å². The molecule has 0 spiro atoms. The average molecular weight is 356 g/mol. The second-order valence-corrected chi connectivity index (χ2v) is 7.82. The summed E-state index contributed by atoms with van der Waals surface area (Å²) in [6.07, 6.45) is 3.90. The number of ketones is 1. The van der Waals surface area contributed by atoms with Crippen LogP contribution in [0.4, 0.5) is 0 Å². The molecule has 2 bridgehead atoms. The van der Waals surface area contributed by atoms with Crippen LogP contribution in [0.15, 0.2) is 42.5 Å². The van der Waals surface area contributed by atoms with Crippen molar-refractivity contribution in [1.82, 2.24) is 0 Å². The van der Waals surface area contributed by atoms with E-state index in [0.29, 0.717) is 12.5 Å². The molecule has 8 atom stereocenters. The second kappa shape index (κ2) is 5.99. The molecular weight excluding hydrogens is 332 g/mol. The fourth-order valence-corrected chi connectivity index (χ4v) is 5.78. The third-order valence-corrected chi connectivity index (χ3v) is 6.75. The number of carbonyl (C=O) groups is 1. The first-order chi connectivity index (χ1) is 12.7. The smallest absolute Gasteiger partial charge is 0.184 e. The maximum atomic E-state index is 13.1. The molecule has 0 aromatic heterocycles. The predicted molar refractivity (Wildman–Crippen MR) is 93.0 cm³/mol. The maximum Gasteiger partial charge on any atom is 0.184 e. The first kappa shape index (κ1) is 16.6. The van der Waals surface area contributed by atoms with E-state index in [1.807, 2.05) is 30.3 Å². The Morgan fingerprint density at radius 1 is 1.19 bits per heavy atom. The Kier molecular flexibility index (Phi) is 3.83. The van der Waals surface area contributed by atoms with Gasteiger partial charge in [0.15, 0.2) is 12.6 Å². The molecule has 5 heteroatoms. The quantitative estimate of drug-likeness (QED) is 0.780. The summed E-state index contributed by atoms with van der Waals surface area (Å²) in [6, 6.07) is 9.89. The fourth-order valence-electron chi connectivity index (χ4n) is 5.78. The summed E-state index contributed by atoms with van der Waals surface area (Å²) in [5.41, 5.74) is 0.369. The molecule has 5 nitrogen and oxygen atoms in total. The zero-order chi connectivity index (χ0) is 17.9. The van der Waals surface area contributed by atoms with E-state index in [4.69, 9.17) is 18.9 Å². The number of ether oxygens (including phenoxy) is 4. The van der Waals surface area contributed by atoms with Crippen molar-refractivity contribution in [1.29, 1.82) is 0 Å². The van der Waals surface area contributed by atoms with Crippen molar-refractivity contribution in [2.45, 2.75) is 38.1 Å². The fraction of sp³-hybridized carbons (Fsp3) is 0.571. The average Bonchev–Trinajstić information content (AvgIpc) is 3.28. The van der Waals surface area contributed by atoms with Gasteiger partial charge in [0.25, 0.3) is 0 Å². The van der Waals surface area contributed by atoms with E-state index in [9.17, 15) is 4.79 Å². The van der Waals surface area contributed by atoms with Crippen LogP contribution >= 0.6 is 0 Å². The van der Waals surface area contributed by atoms with E-state index < -0.39 is 18.0 Å². The Labute approximate surface area is 153 Å². The van der Waals surface area contributed by atoms with Gasteiger partial charge >= 0.3 is 0 Å². The Bertz CT molecular complexity index is 731. The van der Waals surface area contributed by atoms with Crippen LogP contribution in [-0.4, -0.2) is 38.0 Å². The Morgan fingerprint density at radius 2 is 2.00 bits per heavy atom. The van der Waals surface area contributed by atoms with Crippen molar-refractivity contribution < 1.29 is 23.7 Å². The summed E-state index contributed by atoms with van der Waals surface area (Å²) in [5, 5.41) is 0. The Hall–Kier alpha value is -1.53. The lowest BCUT2D eigenvalue weighted by Crippen LogP contribution is -2.66. The van der Waals surface area contributed by atoms with Gasteiger partial charge in [0.05, 0.1) is 12.0 Å². The minimum Gasteiger partial charge on any atom is -0.356 e. The molecule has 1 saturated carbocycles. The van der Waals surface area contributed by atoms with Crippen LogP contribution in [0.5, 0.6) is 0 Å². The molecule has 4 aliphatic rings. The summed E-state index contributed by atoms with van der Waals surface area (Å²) >= 11 is 0. The van der Waals surface area contributed by atoms with Crippen LogP contribution in [0.25, 0.3) is 0 Å². The third kappa shape index (κ3) is 2.09. The normalized spacial score (nSPS) is 46.0. The highest BCUT2D eigenvalue weighted by atomic mass is 16.7. The summed E-state index contributed by atoms with van der Waals surface area (Å²) in [6.45, 7) is 2.10. The zero-order valence-corrected chi connectivity index (χ0v) is 15.0. The largest absolute Gasteiger partial charge is 0.356 e. The number of rotatable bonds is 3. The Morgan fingerprint density at radius 3 is 2.73 bits per heavy atom. The molecule has 2 aliphatic heterocycles. The molecule has 2 saturated heterocycles. The summed E-state index contributed by atoms with van der Waals surface area (Å²) < 4.78 is 24.3. The monoisotopic (exact) mass is 356 g/mol. The summed E-state index contributed by atoms with van der Waals surface area (Å²) in [7, 11) is 1.66. The SMILES string of the molecule is CO[C@H]1OC2CO[C@@H](c3ccccc3)OC2C2(C(C)=O)C1[C@@H]1C=C[C@H]2C1. The van der Waals surface area contributed by atoms with Gasteiger partial charge in [0, 0.05) is 18.6 Å². The van der Waals surface area contributed by atoms with Crippen LogP contribution in [0.1, 0.15) is 25.2 Å². The molecule has 5 rings (SSSR count). The van der Waals surface area contributed by atoms with Crippen LogP contribution in [-0.2, 0) is 23.7 Å². The molecule has 0 N–H and O–H groups in total. The van der Waals surface area contributed by atoms with Crippen molar-refractivity contribution in [2.75, 3.05) is 13.7 Å². The van der Waals surface area contributed by atoms with Gasteiger partial charge in [-0.1, -0.05) is 42.5 Å². The van der Waals surface area contributed by atoms with Crippen molar-refractivity contribution in [3.8, 4) is 0 Å². The summed E-state index contributed by atoms with van der Waals surface area (Å²) in [5.74, 6) is 0.652. The number of Topliss-reactive ketones (excluding diaryl/α,β-unsaturated/α-hetero) is 1. The van der Waals surface area contributed by atoms with Crippen molar-refractivity contribution >= 4 is 5.78 Å². The first-order valence-electron chi connectivity index (χ1n) is 9.36. The molecule has 0 radical (unpaired) electrons. The minimum atomic E-state index is -0.597. The van der Waals surface area contributed by atoms with E-state index in [1.54, 1.807) is 14.0 Å². The van der Waals surface area contributed by atoms with Crippen LogP contribution in [0.2, 0.25) is 0 Å². The number of carbonyl (C=O) groups excluding carboxylic acids is 1. The van der Waals surface area contributed by atoms with E-state index in [1.165, 1.54) is 0 Å². The molecule has 3 fully saturated rings. The molecule has 2 aliphatic carbocycles. The lowest BCUT2D eigenvalue weighted by Gasteiger charge is -2.56. The summed E-state index contributed by atoms with van der Waals surface area (Å²) in [4.78, 5) is 13.1. The Balaban J connectivity index is 1.56. The first-order valence-corrected chi connectivity index (χ1v) is 9.36. The number of hydrogen-bond acceptors (Lipinski definition) is 5. The van der Waals surface area contributed by atoms with Crippen LogP contribution < -0.4 is 0 Å². The van der Waals surface area contributed by atoms with Gasteiger partial charge < -0.3 is 18.9 Å². The van der Waals surface area contributed by atoms with Gasteiger partial charge in [-0.05, 0) is 25.2 Å². The van der Waals surface area contributed by atoms with Gasteiger partial charge in [-0.2, -0.15) is 0 Å². The molecule has 1 aromatic rings. The lowest BCUT2D eigenvalue weighted by molar-refractivity contribution is -0.358. The van der Waals surface area contributed by atoms with Gasteiger partial charge in [0.2, 0.25) is 0 Å². The van der Waals surface area contributed by atoms with Crippen LogP contribution in [0, 0.1) is 23.2 Å². The highest BCUT2D eigenvalue weighted by Crippen LogP contribution is 2.64. The molecule has 2 heterocycles. The number of allylic oxidation sites excluding steroid dienone is 2. The van der Waals surface area contributed by atoms with E-state index in [0.717, 1.165) is 12.0 Å². The third-order valence-electron chi connectivity index (χ3n) is 6.75. The van der Waals surface area contributed by atoms with Gasteiger partial charge in [-0.15, -0.1) is 0 Å². The number of benzene rings is 1. The van der Waals surface area contributed by atoms with Crippen molar-refractivity contribution in [3.05, 3.63) is 48.0 Å². The molecule has 138 valence electrons. The standard InChI is InChI=1S/C21H24O5/c1-12(22)21-15-9-8-14(10-15)17(21)20(23-2)25-16-11-24-19(26-18(16)21)13-6-4-3-5-7-13/h3-9,14-20H,10-11H2,1-2H3/t14-,15+,16?,17?,18?,19-,20+,21?/m1/s1. The van der Waals surface area contributed by atoms with Gasteiger partial charge in [0.1, 0.15) is 18.0 Å². The number of fused-ring (bicyclic) bond motifs is 7. The highest BCUT2D eigenvalue weighted by Gasteiger charge is 2.70. The lowest BCUT2D eigenvalue weighted by atomic mass is 9.59. The molecule has 0 amide bonds. The molecular formula is C21H24O5. The van der Waals surface area contributed by atoms with E-state index >= 15 is 0 Å². The van der Waals surface area contributed by atoms with Crippen LogP contribution in [0.3, 0.4) is 0 Å². The van der Waals surface area contributed by atoms with Crippen molar-refractivity contribution in [2.24, 2.45) is 23.2 Å². The van der Waals surface area contributed by atoms with E-state index in [-0.39, 0.29) is 29.8 Å². The molecule has 4 unspecified atom stereocenters. The minimum absolute atomic E-state index is 0.00391. The topological polar surface area (TPSA) is 54.0 Å². The zero-order valence-electron chi connectivity index (χ0n) is 15.0. The number of hydrogen-bond donors (Lipinski definition) is 0.